The maximum Gasteiger partial charge on any atom is 0.307 e. The standard InChI is InChI=1S/C32H27BrClN3O4/c1-21-7-8-22(2)37(21)26-10-12-27(13-11-26)39-20-28-14-16-31(41-28)32(38)36-35-18-24-17-25(33)9-15-30(24)40-19-23-5-3-4-6-29(23)34/h3-18H,19-20H2,1-2H3,(H,36,38)/b35-18+. The number of ether oxygens (including phenoxy) is 2. The first-order valence-electron chi connectivity index (χ1n) is 12.8. The zero-order valence-corrected chi connectivity index (χ0v) is 24.8. The third-order valence-electron chi connectivity index (χ3n) is 6.32. The molecule has 9 heteroatoms. The van der Waals surface area contributed by atoms with Crippen LogP contribution in [0.5, 0.6) is 11.5 Å². The van der Waals surface area contributed by atoms with Gasteiger partial charge in [0.05, 0.1) is 6.21 Å². The van der Waals surface area contributed by atoms with Crippen molar-refractivity contribution in [2.75, 3.05) is 0 Å². The second-order valence-corrected chi connectivity index (χ2v) is 10.6. The van der Waals surface area contributed by atoms with E-state index in [-0.39, 0.29) is 12.4 Å². The van der Waals surface area contributed by atoms with Gasteiger partial charge in [0.25, 0.3) is 0 Å². The SMILES string of the molecule is Cc1ccc(C)n1-c1ccc(OCc2ccc(C(=O)N/N=C/c3cc(Br)ccc3OCc3ccccc3Cl)o2)cc1. The molecule has 3 aromatic carbocycles. The molecular formula is C32H27BrClN3O4. The molecule has 0 atom stereocenters. The van der Waals surface area contributed by atoms with Crippen molar-refractivity contribution in [1.29, 1.82) is 0 Å². The highest BCUT2D eigenvalue weighted by molar-refractivity contribution is 9.10. The van der Waals surface area contributed by atoms with Crippen LogP contribution >= 0.6 is 27.5 Å². The van der Waals surface area contributed by atoms with Crippen LogP contribution < -0.4 is 14.9 Å². The van der Waals surface area contributed by atoms with Gasteiger partial charge in [-0.15, -0.1) is 0 Å². The normalized spacial score (nSPS) is 11.1. The van der Waals surface area contributed by atoms with E-state index < -0.39 is 5.91 Å². The molecule has 0 unspecified atom stereocenters. The minimum absolute atomic E-state index is 0.124. The minimum Gasteiger partial charge on any atom is -0.488 e. The van der Waals surface area contributed by atoms with Gasteiger partial charge in [0, 0.05) is 37.7 Å². The van der Waals surface area contributed by atoms with Gasteiger partial charge >= 0.3 is 5.91 Å². The number of benzene rings is 3. The molecule has 0 aliphatic heterocycles. The molecule has 1 amide bonds. The van der Waals surface area contributed by atoms with E-state index in [1.54, 1.807) is 12.1 Å². The molecule has 0 fully saturated rings. The Bertz CT molecular complexity index is 1670. The average Bonchev–Trinajstić information content (AvgIpc) is 3.58. The Kier molecular flexibility index (Phi) is 8.91. The number of hydrogen-bond donors (Lipinski definition) is 1. The smallest absolute Gasteiger partial charge is 0.307 e. The van der Waals surface area contributed by atoms with Crippen LogP contribution in [0.4, 0.5) is 0 Å². The molecule has 208 valence electrons. The highest BCUT2D eigenvalue weighted by atomic mass is 79.9. The first-order chi connectivity index (χ1) is 19.9. The average molecular weight is 633 g/mol. The zero-order valence-electron chi connectivity index (χ0n) is 22.4. The number of aromatic nitrogens is 1. The summed E-state index contributed by atoms with van der Waals surface area (Å²) in [5, 5.41) is 4.72. The predicted molar refractivity (Wildman–Crippen MR) is 163 cm³/mol. The molecule has 7 nitrogen and oxygen atoms in total. The van der Waals surface area contributed by atoms with Crippen LogP contribution in [-0.4, -0.2) is 16.7 Å². The first-order valence-corrected chi connectivity index (χ1v) is 14.0. The molecule has 1 N–H and O–H groups in total. The molecule has 41 heavy (non-hydrogen) atoms. The van der Waals surface area contributed by atoms with E-state index in [0.29, 0.717) is 34.5 Å². The van der Waals surface area contributed by atoms with Crippen molar-refractivity contribution in [2.24, 2.45) is 5.10 Å². The highest BCUT2D eigenvalue weighted by Gasteiger charge is 2.12. The number of rotatable bonds is 10. The maximum absolute atomic E-state index is 12.6. The summed E-state index contributed by atoms with van der Waals surface area (Å²) in [6.07, 6.45) is 1.51. The summed E-state index contributed by atoms with van der Waals surface area (Å²) < 4.78 is 20.5. The molecule has 0 aliphatic carbocycles. The van der Waals surface area contributed by atoms with Crippen LogP contribution in [0.3, 0.4) is 0 Å². The molecule has 0 bridgehead atoms. The van der Waals surface area contributed by atoms with Crippen molar-refractivity contribution in [1.82, 2.24) is 9.99 Å². The Morgan fingerprint density at radius 3 is 2.46 bits per heavy atom. The summed E-state index contributed by atoms with van der Waals surface area (Å²) in [7, 11) is 0. The van der Waals surface area contributed by atoms with Crippen molar-refractivity contribution in [3.8, 4) is 17.2 Å². The lowest BCUT2D eigenvalue weighted by Gasteiger charge is -2.11. The summed E-state index contributed by atoms with van der Waals surface area (Å²) in [5.74, 6) is 1.45. The Morgan fingerprint density at radius 2 is 1.71 bits per heavy atom. The molecule has 0 aliphatic rings. The van der Waals surface area contributed by atoms with Gasteiger partial charge in [0.2, 0.25) is 0 Å². The van der Waals surface area contributed by atoms with Gasteiger partial charge in [0.1, 0.15) is 30.5 Å². The van der Waals surface area contributed by atoms with Crippen molar-refractivity contribution in [2.45, 2.75) is 27.1 Å². The largest absolute Gasteiger partial charge is 0.488 e. The van der Waals surface area contributed by atoms with Crippen LogP contribution in [0.15, 0.2) is 105 Å². The highest BCUT2D eigenvalue weighted by Crippen LogP contribution is 2.25. The number of carbonyl (C=O) groups excluding carboxylic acids is 1. The van der Waals surface area contributed by atoms with Gasteiger partial charge in [-0.2, -0.15) is 5.10 Å². The van der Waals surface area contributed by atoms with Gasteiger partial charge in [-0.05, 0) is 86.6 Å². The third-order valence-corrected chi connectivity index (χ3v) is 7.18. The minimum atomic E-state index is -0.483. The number of hydrogen-bond acceptors (Lipinski definition) is 5. The molecule has 2 heterocycles. The number of nitrogens with zero attached hydrogens (tertiary/aromatic N) is 2. The van der Waals surface area contributed by atoms with Gasteiger partial charge < -0.3 is 18.5 Å². The molecule has 0 radical (unpaired) electrons. The second-order valence-electron chi connectivity index (χ2n) is 9.26. The number of furan rings is 1. The van der Waals surface area contributed by atoms with E-state index in [2.05, 4.69) is 57.0 Å². The number of amides is 1. The number of nitrogens with one attached hydrogen (secondary N) is 1. The van der Waals surface area contributed by atoms with E-state index in [4.69, 9.17) is 25.5 Å². The fourth-order valence-electron chi connectivity index (χ4n) is 4.24. The Labute approximate surface area is 251 Å². The topological polar surface area (TPSA) is 78.0 Å². The predicted octanol–water partition coefficient (Wildman–Crippen LogP) is 8.02. The first kappa shape index (κ1) is 28.3. The Balaban J connectivity index is 1.16. The maximum atomic E-state index is 12.6. The Hall–Kier alpha value is -4.27. The van der Waals surface area contributed by atoms with Gasteiger partial charge in [-0.3, -0.25) is 4.79 Å². The molecule has 0 spiro atoms. The van der Waals surface area contributed by atoms with Crippen molar-refractivity contribution < 1.29 is 18.7 Å². The summed E-state index contributed by atoms with van der Waals surface area (Å²) in [4.78, 5) is 12.6. The van der Waals surface area contributed by atoms with Crippen LogP contribution in [0.2, 0.25) is 5.02 Å². The van der Waals surface area contributed by atoms with Gasteiger partial charge in [0.15, 0.2) is 5.76 Å². The number of halogens is 2. The van der Waals surface area contributed by atoms with Crippen LogP contribution in [0.25, 0.3) is 5.69 Å². The molecule has 0 saturated carbocycles. The monoisotopic (exact) mass is 631 g/mol. The van der Waals surface area contributed by atoms with Crippen molar-refractivity contribution in [3.05, 3.63) is 135 Å². The van der Waals surface area contributed by atoms with Crippen LogP contribution in [0.1, 0.15) is 38.8 Å². The van der Waals surface area contributed by atoms with E-state index in [1.807, 2.05) is 66.7 Å². The zero-order chi connectivity index (χ0) is 28.8. The van der Waals surface area contributed by atoms with E-state index >= 15 is 0 Å². The molecular weight excluding hydrogens is 606 g/mol. The fraction of sp³-hybridized carbons (Fsp3) is 0.125. The molecule has 5 rings (SSSR count). The van der Waals surface area contributed by atoms with Crippen molar-refractivity contribution in [3.63, 3.8) is 0 Å². The quantitative estimate of drug-likeness (QED) is 0.125. The van der Waals surface area contributed by atoms with Gasteiger partial charge in [-0.1, -0.05) is 45.7 Å². The van der Waals surface area contributed by atoms with E-state index in [1.165, 1.54) is 17.6 Å². The fourth-order valence-corrected chi connectivity index (χ4v) is 4.81. The van der Waals surface area contributed by atoms with Crippen LogP contribution in [0, 0.1) is 13.8 Å². The molecule has 2 aromatic heterocycles. The summed E-state index contributed by atoms with van der Waals surface area (Å²) in [6, 6.07) is 28.3. The number of carbonyl (C=O) groups is 1. The van der Waals surface area contributed by atoms with E-state index in [9.17, 15) is 4.79 Å². The van der Waals surface area contributed by atoms with E-state index in [0.717, 1.165) is 15.7 Å². The lowest BCUT2D eigenvalue weighted by atomic mass is 10.2. The molecule has 0 saturated heterocycles. The van der Waals surface area contributed by atoms with Crippen molar-refractivity contribution >= 4 is 39.7 Å². The number of aryl methyl sites for hydroxylation is 2. The van der Waals surface area contributed by atoms with Gasteiger partial charge in [-0.25, -0.2) is 5.43 Å². The number of hydrazone groups is 1. The third kappa shape index (κ3) is 7.09. The lowest BCUT2D eigenvalue weighted by Crippen LogP contribution is -2.16. The second kappa shape index (κ2) is 12.9. The lowest BCUT2D eigenvalue weighted by molar-refractivity contribution is 0.0923. The Morgan fingerprint density at radius 1 is 0.951 bits per heavy atom. The molecule has 5 aromatic rings. The summed E-state index contributed by atoms with van der Waals surface area (Å²) >= 11 is 9.70. The van der Waals surface area contributed by atoms with Crippen LogP contribution in [-0.2, 0) is 13.2 Å². The summed E-state index contributed by atoms with van der Waals surface area (Å²) in [6.45, 7) is 4.62. The summed E-state index contributed by atoms with van der Waals surface area (Å²) in [5.41, 5.74) is 7.44.